The molecule has 12 aromatic rings. The number of aromatic nitrogens is 2. The van der Waals surface area contributed by atoms with E-state index < -0.39 is 184 Å². The fourth-order valence-electron chi connectivity index (χ4n) is 12.1. The lowest BCUT2D eigenvalue weighted by molar-refractivity contribution is -0.144. The van der Waals surface area contributed by atoms with Crippen LogP contribution >= 0.6 is 0 Å². The van der Waals surface area contributed by atoms with Crippen LogP contribution in [-0.2, 0) is 61.8 Å². The van der Waals surface area contributed by atoms with Crippen LogP contribution in [0.3, 0.4) is 0 Å². The van der Waals surface area contributed by atoms with E-state index in [9.17, 15) is 105 Å². The number of benzene rings is 10. The topological polar surface area (TPSA) is 9.86 Å². The van der Waals surface area contributed by atoms with Gasteiger partial charge in [-0.1, -0.05) is 24.3 Å². The number of halogens is 30. The lowest BCUT2D eigenvalue weighted by Crippen LogP contribution is -2.12. The van der Waals surface area contributed by atoms with E-state index in [1.54, 1.807) is 0 Å². The van der Waals surface area contributed by atoms with Gasteiger partial charge in [0, 0.05) is 32.9 Å². The highest BCUT2D eigenvalue weighted by Gasteiger charge is 2.44. The molecular formula is C70H30F30N2. The molecule has 0 amide bonds. The van der Waals surface area contributed by atoms with E-state index in [1.807, 2.05) is 0 Å². The molecule has 0 bridgehead atoms. The van der Waals surface area contributed by atoms with Crippen LogP contribution in [0.15, 0.2) is 182 Å². The number of fused-ring (bicyclic) bond motifs is 6. The molecule has 530 valence electrons. The van der Waals surface area contributed by atoms with Crippen molar-refractivity contribution in [2.24, 2.45) is 0 Å². The molecule has 0 fully saturated rings. The van der Waals surface area contributed by atoms with E-state index in [4.69, 9.17) is 0 Å². The normalized spacial score (nSPS) is 13.6. The van der Waals surface area contributed by atoms with Gasteiger partial charge in [0.05, 0.1) is 77.7 Å². The van der Waals surface area contributed by atoms with Gasteiger partial charge in [0.15, 0.2) is 0 Å². The summed E-state index contributed by atoms with van der Waals surface area (Å²) in [6, 6.07) is 15.0. The number of rotatable bonds is 7. The molecule has 0 saturated heterocycles. The Morgan fingerprint density at radius 2 is 0.353 bits per heavy atom. The molecule has 32 heteroatoms. The standard InChI is InChI=1S/C70H30F30N2/c71-61(72,73)39-13-35(14-40(25-39)62(74,75)76)31-1-9-57-51(21-31)52-22-32(36-15-41(63(77,78)79)26-42(16-36)64(80,81)82)2-10-58(52)101(57)47-5-7-55(69(95,96)97)49(29-47)50-30-48(6-8-56(50)70(98,99)100)102-59-11-3-33(37-17-43(65(83,84)85)27-44(18-37)66(86,87)88)23-53(59)54-24-34(4-12-60(54)102)38-19-45(67(89,90)91)28-46(20-38)68(92,93)94/h1-30H. The first-order chi connectivity index (χ1) is 46.8. The maximum atomic E-state index is 15.6. The molecule has 102 heavy (non-hydrogen) atoms. The molecule has 0 atom stereocenters. The zero-order valence-electron chi connectivity index (χ0n) is 49.6. The molecular weight excluding hydrogens is 1440 g/mol. The highest BCUT2D eigenvalue weighted by atomic mass is 19.4. The Hall–Kier alpha value is -10.3. The number of nitrogens with zero attached hydrogens (tertiary/aromatic N) is 2. The van der Waals surface area contributed by atoms with Crippen molar-refractivity contribution in [3.05, 3.63) is 238 Å². The van der Waals surface area contributed by atoms with Gasteiger partial charge in [-0.2, -0.15) is 132 Å². The summed E-state index contributed by atoms with van der Waals surface area (Å²) in [5, 5.41) is -1.45. The maximum Gasteiger partial charge on any atom is 0.417 e. The smallest absolute Gasteiger partial charge is 0.309 e. The maximum absolute atomic E-state index is 15.6. The van der Waals surface area contributed by atoms with Crippen molar-refractivity contribution >= 4 is 43.6 Å². The van der Waals surface area contributed by atoms with Crippen LogP contribution in [0.25, 0.3) is 111 Å². The second-order valence-corrected chi connectivity index (χ2v) is 23.2. The molecule has 0 aliphatic heterocycles. The molecule has 0 unspecified atom stereocenters. The Morgan fingerprint density at radius 3 is 0.520 bits per heavy atom. The molecule has 10 aromatic carbocycles. The van der Waals surface area contributed by atoms with E-state index in [0.717, 1.165) is 81.9 Å². The van der Waals surface area contributed by atoms with Gasteiger partial charge in [-0.3, -0.25) is 0 Å². The van der Waals surface area contributed by atoms with Crippen LogP contribution in [0, 0.1) is 0 Å². The zero-order chi connectivity index (χ0) is 74.7. The summed E-state index contributed by atoms with van der Waals surface area (Å²) in [6.45, 7) is 0. The van der Waals surface area contributed by atoms with Crippen molar-refractivity contribution in [2.45, 2.75) is 61.8 Å². The molecule has 0 spiro atoms. The van der Waals surface area contributed by atoms with Crippen molar-refractivity contribution in [1.82, 2.24) is 9.13 Å². The highest BCUT2D eigenvalue weighted by Crippen LogP contribution is 2.51. The predicted molar refractivity (Wildman–Crippen MR) is 312 cm³/mol. The van der Waals surface area contributed by atoms with Crippen LogP contribution in [0.1, 0.15) is 55.6 Å². The average molecular weight is 1470 g/mol. The van der Waals surface area contributed by atoms with Gasteiger partial charge < -0.3 is 9.13 Å². The van der Waals surface area contributed by atoms with Gasteiger partial charge in [0.1, 0.15) is 0 Å². The van der Waals surface area contributed by atoms with E-state index in [-0.39, 0.29) is 129 Å². The first-order valence-corrected chi connectivity index (χ1v) is 28.6. The molecule has 0 saturated carbocycles. The Labute approximate surface area is 549 Å². The van der Waals surface area contributed by atoms with E-state index in [1.165, 1.54) is 0 Å². The molecule has 0 aliphatic carbocycles. The number of hydrogen-bond donors (Lipinski definition) is 0. The fraction of sp³-hybridized carbons (Fsp3) is 0.143. The molecule has 2 nitrogen and oxygen atoms in total. The number of alkyl halides is 30. The van der Waals surface area contributed by atoms with Gasteiger partial charge in [-0.15, -0.1) is 0 Å². The first kappa shape index (κ1) is 71.5. The van der Waals surface area contributed by atoms with Crippen LogP contribution in [0.2, 0.25) is 0 Å². The molecule has 0 radical (unpaired) electrons. The van der Waals surface area contributed by atoms with Gasteiger partial charge in [-0.25, -0.2) is 0 Å². The minimum absolute atomic E-state index is 0.234. The monoisotopic (exact) mass is 1470 g/mol. The predicted octanol–water partition coefficient (Wildman–Crippen LogP) is 26.4. The van der Waals surface area contributed by atoms with Gasteiger partial charge in [0.2, 0.25) is 0 Å². The minimum Gasteiger partial charge on any atom is -0.309 e. The molecule has 0 aliphatic rings. The summed E-state index contributed by atoms with van der Waals surface area (Å²) in [6.07, 6.45) is -54.9. The van der Waals surface area contributed by atoms with Crippen LogP contribution in [0.5, 0.6) is 0 Å². The third-order valence-corrected chi connectivity index (χ3v) is 16.6. The first-order valence-electron chi connectivity index (χ1n) is 28.6. The third-order valence-electron chi connectivity index (χ3n) is 16.6. The molecule has 0 N–H and O–H groups in total. The summed E-state index contributed by atoms with van der Waals surface area (Å²) in [5.74, 6) is 0. The Bertz CT molecular complexity index is 4630. The van der Waals surface area contributed by atoms with Crippen molar-refractivity contribution in [3.8, 4) is 67.0 Å². The van der Waals surface area contributed by atoms with E-state index >= 15 is 26.3 Å². The van der Waals surface area contributed by atoms with E-state index in [0.29, 0.717) is 24.3 Å². The summed E-state index contributed by atoms with van der Waals surface area (Å²) in [4.78, 5) is 0. The average Bonchev–Trinajstić information content (AvgIpc) is 1.58. The SMILES string of the molecule is FC(F)(F)c1cc(-c2ccc3c(c2)c2cc(-c4cc(C(F)(F)F)cc(C(F)(F)F)c4)ccc2n3-c2ccc(C(F)(F)F)c(-c3cc(-n4c5ccc(-c6cc(C(F)(F)F)cc(C(F)(F)F)c6)cc5c5cc(-c6cc(C(F)(F)F)cc(C(F)(F)F)c6)ccc54)ccc3C(F)(F)F)c2)cc(C(F)(F)F)c1. The van der Waals surface area contributed by atoms with Crippen molar-refractivity contribution in [2.75, 3.05) is 0 Å². The van der Waals surface area contributed by atoms with Crippen molar-refractivity contribution < 1.29 is 132 Å². The van der Waals surface area contributed by atoms with Gasteiger partial charge in [-0.05, 0) is 213 Å². The van der Waals surface area contributed by atoms with Crippen molar-refractivity contribution in [1.29, 1.82) is 0 Å². The lowest BCUT2D eigenvalue weighted by atomic mass is 9.93. The number of hydrogen-bond acceptors (Lipinski definition) is 0. The minimum atomic E-state index is -5.66. The van der Waals surface area contributed by atoms with Crippen molar-refractivity contribution in [3.63, 3.8) is 0 Å². The van der Waals surface area contributed by atoms with Crippen LogP contribution in [-0.4, -0.2) is 9.13 Å². The zero-order valence-corrected chi connectivity index (χ0v) is 49.6. The quantitative estimate of drug-likeness (QED) is 0.141. The molecule has 2 aromatic heterocycles. The second-order valence-electron chi connectivity index (χ2n) is 23.2. The lowest BCUT2D eigenvalue weighted by Gasteiger charge is -2.21. The third kappa shape index (κ3) is 13.6. The second kappa shape index (κ2) is 23.6. The summed E-state index contributed by atoms with van der Waals surface area (Å²) in [5.41, 5.74) is -29.1. The van der Waals surface area contributed by atoms with E-state index in [2.05, 4.69) is 0 Å². The van der Waals surface area contributed by atoms with Gasteiger partial charge >= 0.3 is 61.8 Å². The van der Waals surface area contributed by atoms with Gasteiger partial charge in [0.25, 0.3) is 0 Å². The summed E-state index contributed by atoms with van der Waals surface area (Å²) < 4.78 is 437. The molecule has 2 heterocycles. The Balaban J connectivity index is 1.13. The Kier molecular flexibility index (Phi) is 16.6. The van der Waals surface area contributed by atoms with Crippen LogP contribution < -0.4 is 0 Å². The Morgan fingerprint density at radius 1 is 0.167 bits per heavy atom. The fourth-order valence-corrected chi connectivity index (χ4v) is 12.1. The largest absolute Gasteiger partial charge is 0.417 e. The summed E-state index contributed by atoms with van der Waals surface area (Å²) in [7, 11) is 0. The van der Waals surface area contributed by atoms with Crippen LogP contribution in [0.4, 0.5) is 132 Å². The molecule has 12 rings (SSSR count). The summed E-state index contributed by atoms with van der Waals surface area (Å²) >= 11 is 0. The highest BCUT2D eigenvalue weighted by molar-refractivity contribution is 6.13.